The predicted molar refractivity (Wildman–Crippen MR) is 134 cm³/mol. The molecule has 2 heterocycles. The molecule has 6 nitrogen and oxygen atoms in total. The fraction of sp³-hybridized carbons (Fsp3) is 0.448. The number of nitrogens with zero attached hydrogens (tertiary/aromatic N) is 4. The molecule has 0 radical (unpaired) electrons. The number of benzene rings is 1. The molecule has 1 unspecified atom stereocenters. The molecule has 2 aromatic heterocycles. The molecule has 7 heteroatoms. The molecule has 1 aromatic carbocycles. The number of aliphatic hydroxyl groups is 1. The minimum atomic E-state index is -0.780. The van der Waals surface area contributed by atoms with Gasteiger partial charge in [0.05, 0.1) is 23.4 Å². The zero-order valence-corrected chi connectivity index (χ0v) is 20.5. The Kier molecular flexibility index (Phi) is 5.53. The number of hydrogen-bond donors (Lipinski definition) is 1. The number of rotatable bonds is 3. The highest BCUT2D eigenvalue weighted by molar-refractivity contribution is 5.92. The van der Waals surface area contributed by atoms with Crippen molar-refractivity contribution in [3.8, 4) is 23.3 Å². The van der Waals surface area contributed by atoms with E-state index in [4.69, 9.17) is 14.7 Å². The molecule has 0 amide bonds. The van der Waals surface area contributed by atoms with Crippen LogP contribution in [0.4, 0.5) is 4.39 Å². The van der Waals surface area contributed by atoms with E-state index >= 15 is 0 Å². The molecule has 1 fully saturated rings. The van der Waals surface area contributed by atoms with Gasteiger partial charge in [0.15, 0.2) is 5.82 Å². The first-order chi connectivity index (χ1) is 17.4. The van der Waals surface area contributed by atoms with Crippen LogP contribution in [0.2, 0.25) is 0 Å². The Morgan fingerprint density at radius 2 is 1.97 bits per heavy atom. The number of halogens is 1. The molecule has 3 aliphatic rings. The Labute approximate surface area is 209 Å². The van der Waals surface area contributed by atoms with Crippen LogP contribution in [-0.4, -0.2) is 32.3 Å². The highest BCUT2D eigenvalue weighted by Crippen LogP contribution is 2.52. The van der Waals surface area contributed by atoms with E-state index in [-0.39, 0.29) is 23.5 Å². The number of fused-ring (bicyclic) bond motifs is 4. The lowest BCUT2D eigenvalue weighted by Crippen LogP contribution is -2.47. The molecule has 184 valence electrons. The van der Waals surface area contributed by atoms with Gasteiger partial charge in [-0.2, -0.15) is 10.2 Å². The first-order valence-electron chi connectivity index (χ1n) is 12.8. The van der Waals surface area contributed by atoms with Gasteiger partial charge in [0.2, 0.25) is 5.88 Å². The largest absolute Gasteiger partial charge is 0.474 e. The van der Waals surface area contributed by atoms with E-state index in [9.17, 15) is 14.8 Å². The molecular formula is C29H29FN4O2. The van der Waals surface area contributed by atoms with E-state index in [1.807, 2.05) is 25.1 Å². The van der Waals surface area contributed by atoms with E-state index in [1.165, 1.54) is 6.07 Å². The third-order valence-corrected chi connectivity index (χ3v) is 8.53. The van der Waals surface area contributed by atoms with Crippen molar-refractivity contribution in [3.05, 3.63) is 59.2 Å². The number of para-hydroxylation sites is 1. The van der Waals surface area contributed by atoms with Crippen molar-refractivity contribution in [2.45, 2.75) is 70.0 Å². The van der Waals surface area contributed by atoms with Crippen LogP contribution in [0.1, 0.15) is 57.2 Å². The Hall–Kier alpha value is -3.37. The number of aliphatic hydroxyl groups excluding tert-OH is 1. The van der Waals surface area contributed by atoms with Crippen molar-refractivity contribution in [1.82, 2.24) is 15.0 Å². The van der Waals surface area contributed by atoms with E-state index in [0.717, 1.165) is 49.8 Å². The van der Waals surface area contributed by atoms with E-state index < -0.39 is 17.3 Å². The molecule has 1 saturated carbocycles. The summed E-state index contributed by atoms with van der Waals surface area (Å²) in [5, 5.41) is 21.2. The minimum Gasteiger partial charge on any atom is -0.474 e. The van der Waals surface area contributed by atoms with Gasteiger partial charge in [-0.05, 0) is 62.5 Å². The molecule has 3 aliphatic carbocycles. The molecule has 4 atom stereocenters. The van der Waals surface area contributed by atoms with Crippen LogP contribution in [0.3, 0.4) is 0 Å². The van der Waals surface area contributed by atoms with E-state index in [0.29, 0.717) is 28.2 Å². The van der Waals surface area contributed by atoms with Gasteiger partial charge >= 0.3 is 0 Å². The molecular weight excluding hydrogens is 455 g/mol. The third kappa shape index (κ3) is 3.50. The van der Waals surface area contributed by atoms with Crippen molar-refractivity contribution >= 4 is 10.9 Å². The van der Waals surface area contributed by atoms with Gasteiger partial charge in [-0.1, -0.05) is 32.1 Å². The maximum Gasteiger partial charge on any atom is 0.220 e. The van der Waals surface area contributed by atoms with Crippen molar-refractivity contribution in [1.29, 1.82) is 5.26 Å². The molecule has 6 rings (SSSR count). The summed E-state index contributed by atoms with van der Waals surface area (Å²) in [6.07, 6.45) is 8.70. The fourth-order valence-electron chi connectivity index (χ4n) is 6.62. The van der Waals surface area contributed by atoms with Crippen molar-refractivity contribution in [2.75, 3.05) is 0 Å². The fourth-order valence-corrected chi connectivity index (χ4v) is 6.62. The summed E-state index contributed by atoms with van der Waals surface area (Å²) in [5.41, 5.74) is 2.61. The van der Waals surface area contributed by atoms with Crippen LogP contribution >= 0.6 is 0 Å². The normalized spacial score (nSPS) is 27.8. The summed E-state index contributed by atoms with van der Waals surface area (Å²) in [6.45, 7) is 4.12. The molecule has 3 aromatic rings. The summed E-state index contributed by atoms with van der Waals surface area (Å²) in [5.74, 6) is 0.696. The first kappa shape index (κ1) is 23.1. The Morgan fingerprint density at radius 3 is 2.75 bits per heavy atom. The predicted octanol–water partition coefficient (Wildman–Crippen LogP) is 5.43. The SMILES string of the molecule is C[C@H]1C(O)C(C#N)=C[C@@]2(C)c3nc(-c4ccnc5c(F)cccc45)nc(OC4CCCC4)c3CC[C@H]12. The number of hydrogen-bond acceptors (Lipinski definition) is 6. The first-order valence-corrected chi connectivity index (χ1v) is 12.8. The summed E-state index contributed by atoms with van der Waals surface area (Å²) in [4.78, 5) is 14.3. The summed E-state index contributed by atoms with van der Waals surface area (Å²) in [6, 6.07) is 8.92. The Balaban J connectivity index is 1.59. The maximum absolute atomic E-state index is 14.6. The molecule has 0 spiro atoms. The summed E-state index contributed by atoms with van der Waals surface area (Å²) >= 11 is 0. The van der Waals surface area contributed by atoms with Crippen molar-refractivity contribution in [3.63, 3.8) is 0 Å². The van der Waals surface area contributed by atoms with Crippen LogP contribution in [0.25, 0.3) is 22.3 Å². The maximum atomic E-state index is 14.6. The number of aromatic nitrogens is 3. The van der Waals surface area contributed by atoms with Gasteiger partial charge in [-0.25, -0.2) is 9.37 Å². The van der Waals surface area contributed by atoms with Crippen LogP contribution in [0.5, 0.6) is 5.88 Å². The topological polar surface area (TPSA) is 91.9 Å². The van der Waals surface area contributed by atoms with Gasteiger partial charge in [0.25, 0.3) is 0 Å². The summed E-state index contributed by atoms with van der Waals surface area (Å²) < 4.78 is 21.1. The zero-order chi connectivity index (χ0) is 25.0. The highest BCUT2D eigenvalue weighted by Gasteiger charge is 2.50. The average molecular weight is 485 g/mol. The van der Waals surface area contributed by atoms with Crippen LogP contribution in [-0.2, 0) is 11.8 Å². The second-order valence-electron chi connectivity index (χ2n) is 10.6. The third-order valence-electron chi connectivity index (χ3n) is 8.53. The zero-order valence-electron chi connectivity index (χ0n) is 20.5. The molecule has 36 heavy (non-hydrogen) atoms. The lowest BCUT2D eigenvalue weighted by atomic mass is 9.57. The number of nitriles is 1. The Morgan fingerprint density at radius 1 is 1.17 bits per heavy atom. The van der Waals surface area contributed by atoms with Gasteiger partial charge in [0.1, 0.15) is 17.4 Å². The van der Waals surface area contributed by atoms with Gasteiger partial charge in [-0.15, -0.1) is 0 Å². The number of pyridine rings is 1. The molecule has 1 N–H and O–H groups in total. The van der Waals surface area contributed by atoms with Crippen LogP contribution < -0.4 is 4.74 Å². The number of allylic oxidation sites excluding steroid dienone is 1. The summed E-state index contributed by atoms with van der Waals surface area (Å²) in [7, 11) is 0. The van der Waals surface area contributed by atoms with E-state index in [2.05, 4.69) is 18.0 Å². The molecule has 0 saturated heterocycles. The quantitative estimate of drug-likeness (QED) is 0.533. The average Bonchev–Trinajstić information content (AvgIpc) is 3.39. The van der Waals surface area contributed by atoms with Gasteiger partial charge in [-0.3, -0.25) is 4.98 Å². The van der Waals surface area contributed by atoms with Crippen LogP contribution in [0, 0.1) is 29.0 Å². The van der Waals surface area contributed by atoms with Crippen molar-refractivity contribution < 1.29 is 14.2 Å². The Bertz CT molecular complexity index is 1420. The lowest BCUT2D eigenvalue weighted by Gasteiger charge is -2.47. The van der Waals surface area contributed by atoms with Gasteiger partial charge in [0, 0.05) is 28.1 Å². The van der Waals surface area contributed by atoms with Crippen molar-refractivity contribution in [2.24, 2.45) is 11.8 Å². The molecule has 0 bridgehead atoms. The van der Waals surface area contributed by atoms with E-state index in [1.54, 1.807) is 12.3 Å². The smallest absolute Gasteiger partial charge is 0.220 e. The second-order valence-corrected chi connectivity index (χ2v) is 10.6. The van der Waals surface area contributed by atoms with Gasteiger partial charge < -0.3 is 9.84 Å². The monoisotopic (exact) mass is 484 g/mol. The second kappa shape index (κ2) is 8.63. The minimum absolute atomic E-state index is 0.0868. The highest BCUT2D eigenvalue weighted by atomic mass is 19.1. The number of ether oxygens (including phenoxy) is 1. The van der Waals surface area contributed by atoms with Crippen LogP contribution in [0.15, 0.2) is 42.1 Å². The molecule has 0 aliphatic heterocycles. The standard InChI is InChI=1S/C29H29FN4O2/c1-16-22-11-10-21-26(29(22,2)14-17(15-31)25(16)35)33-27(34-28(21)36-18-6-3-4-7-18)20-12-13-32-24-19(20)8-5-9-23(24)30/h5,8-9,12-14,16,18,22,25,35H,3-4,6-7,10-11H2,1-2H3/t16-,22-,25?,29-/m1/s1. The lowest BCUT2D eigenvalue weighted by molar-refractivity contribution is 0.0660.